The fourth-order valence-electron chi connectivity index (χ4n) is 3.14. The molecule has 1 aromatic carbocycles. The van der Waals surface area contributed by atoms with Crippen LogP contribution in [0.2, 0.25) is 5.02 Å². The lowest BCUT2D eigenvalue weighted by molar-refractivity contribution is -0.385. The van der Waals surface area contributed by atoms with E-state index in [0.717, 1.165) is 12.8 Å². The average molecular weight is 431 g/mol. The molecule has 1 N–H and O–H groups in total. The van der Waals surface area contributed by atoms with Crippen molar-refractivity contribution in [2.75, 3.05) is 6.54 Å². The highest BCUT2D eigenvalue weighted by Crippen LogP contribution is 2.46. The third-order valence-electron chi connectivity index (χ3n) is 4.74. The van der Waals surface area contributed by atoms with Gasteiger partial charge in [-0.3, -0.25) is 19.6 Å². The van der Waals surface area contributed by atoms with Crippen molar-refractivity contribution >= 4 is 23.2 Å². The zero-order valence-electron chi connectivity index (χ0n) is 15.4. The Balaban J connectivity index is 1.64. The first-order valence-corrected chi connectivity index (χ1v) is 9.34. The van der Waals surface area contributed by atoms with E-state index in [1.165, 1.54) is 29.8 Å². The van der Waals surface area contributed by atoms with Crippen molar-refractivity contribution in [1.82, 2.24) is 15.1 Å². The summed E-state index contributed by atoms with van der Waals surface area (Å²) in [6.07, 6.45) is -2.76. The minimum absolute atomic E-state index is 0.0202. The van der Waals surface area contributed by atoms with Crippen LogP contribution in [0.25, 0.3) is 0 Å². The van der Waals surface area contributed by atoms with Gasteiger partial charge >= 0.3 is 6.18 Å². The molecule has 1 saturated carbocycles. The number of halogens is 4. The van der Waals surface area contributed by atoms with Crippen LogP contribution in [0.4, 0.5) is 18.9 Å². The van der Waals surface area contributed by atoms with E-state index in [4.69, 9.17) is 11.6 Å². The Morgan fingerprint density at radius 3 is 2.69 bits per heavy atom. The summed E-state index contributed by atoms with van der Waals surface area (Å²) in [5, 5.41) is 16.9. The molecule has 11 heteroatoms. The highest BCUT2D eigenvalue weighted by atomic mass is 35.5. The van der Waals surface area contributed by atoms with E-state index in [2.05, 4.69) is 10.4 Å². The molecule has 0 spiro atoms. The van der Waals surface area contributed by atoms with Crippen LogP contribution in [0.3, 0.4) is 0 Å². The number of aromatic nitrogens is 2. The number of amides is 1. The monoisotopic (exact) mass is 430 g/mol. The number of nitro benzene ring substituents is 1. The highest BCUT2D eigenvalue weighted by Gasteiger charge is 2.41. The average Bonchev–Trinajstić information content (AvgIpc) is 3.40. The van der Waals surface area contributed by atoms with E-state index >= 15 is 0 Å². The molecule has 1 aliphatic carbocycles. The first-order valence-electron chi connectivity index (χ1n) is 8.96. The second kappa shape index (κ2) is 8.02. The molecule has 1 aromatic heterocycles. The van der Waals surface area contributed by atoms with E-state index in [1.807, 2.05) is 0 Å². The summed E-state index contributed by atoms with van der Waals surface area (Å²) >= 11 is 5.92. The molecular formula is C18H18ClF3N4O3. The summed E-state index contributed by atoms with van der Waals surface area (Å²) in [5.41, 5.74) is -0.422. The molecule has 29 heavy (non-hydrogen) atoms. The largest absolute Gasteiger partial charge is 0.436 e. The van der Waals surface area contributed by atoms with Gasteiger partial charge in [0.1, 0.15) is 0 Å². The highest BCUT2D eigenvalue weighted by molar-refractivity contribution is 6.32. The van der Waals surface area contributed by atoms with Crippen molar-refractivity contribution in [2.45, 2.75) is 44.8 Å². The van der Waals surface area contributed by atoms with Crippen LogP contribution >= 0.6 is 11.6 Å². The van der Waals surface area contributed by atoms with Crippen molar-refractivity contribution in [3.05, 3.63) is 55.9 Å². The van der Waals surface area contributed by atoms with Gasteiger partial charge in [0.25, 0.3) is 11.6 Å². The molecule has 2 aromatic rings. The molecule has 0 aliphatic heterocycles. The number of hydrogen-bond acceptors (Lipinski definition) is 4. The number of benzene rings is 1. The summed E-state index contributed by atoms with van der Waals surface area (Å²) in [6, 6.07) is 4.21. The summed E-state index contributed by atoms with van der Waals surface area (Å²) in [6.45, 7) is 1.82. The maximum atomic E-state index is 13.1. The zero-order chi connectivity index (χ0) is 21.3. The van der Waals surface area contributed by atoms with Crippen LogP contribution in [-0.2, 0) is 12.7 Å². The van der Waals surface area contributed by atoms with Crippen molar-refractivity contribution in [3.8, 4) is 0 Å². The number of nitrogens with zero attached hydrogens (tertiary/aromatic N) is 3. The molecular weight excluding hydrogens is 413 g/mol. The Morgan fingerprint density at radius 2 is 2.10 bits per heavy atom. The van der Waals surface area contributed by atoms with Gasteiger partial charge in [0.2, 0.25) is 0 Å². The molecule has 0 atom stereocenters. The molecule has 1 heterocycles. The molecule has 156 valence electrons. The third kappa shape index (κ3) is 4.52. The third-order valence-corrected chi connectivity index (χ3v) is 5.12. The fourth-order valence-corrected chi connectivity index (χ4v) is 3.54. The van der Waals surface area contributed by atoms with Crippen LogP contribution in [0.15, 0.2) is 18.2 Å². The Kier molecular flexibility index (Phi) is 5.83. The van der Waals surface area contributed by atoms with Gasteiger partial charge in [-0.1, -0.05) is 17.7 Å². The van der Waals surface area contributed by atoms with Crippen LogP contribution < -0.4 is 5.32 Å². The Bertz CT molecular complexity index is 955. The number of carbonyl (C=O) groups excluding carboxylic acids is 1. The van der Waals surface area contributed by atoms with Gasteiger partial charge in [0.05, 0.1) is 15.6 Å². The lowest BCUT2D eigenvalue weighted by Gasteiger charge is -2.09. The molecule has 0 radical (unpaired) electrons. The van der Waals surface area contributed by atoms with Crippen molar-refractivity contribution in [3.63, 3.8) is 0 Å². The van der Waals surface area contributed by atoms with Crippen LogP contribution in [0.5, 0.6) is 0 Å². The van der Waals surface area contributed by atoms with E-state index in [9.17, 15) is 28.1 Å². The van der Waals surface area contributed by atoms with Gasteiger partial charge in [-0.05, 0) is 32.3 Å². The Hall–Kier alpha value is -2.62. The van der Waals surface area contributed by atoms with Crippen LogP contribution in [-0.4, -0.2) is 27.2 Å². The molecule has 3 rings (SSSR count). The van der Waals surface area contributed by atoms with Gasteiger partial charge in [-0.25, -0.2) is 0 Å². The molecule has 0 saturated heterocycles. The van der Waals surface area contributed by atoms with Gasteiger partial charge in [-0.15, -0.1) is 0 Å². The zero-order valence-corrected chi connectivity index (χ0v) is 16.2. The lowest BCUT2D eigenvalue weighted by Crippen LogP contribution is -2.26. The van der Waals surface area contributed by atoms with Gasteiger partial charge in [0.15, 0.2) is 5.69 Å². The molecule has 7 nitrogen and oxygen atoms in total. The van der Waals surface area contributed by atoms with Crippen molar-refractivity contribution < 1.29 is 22.9 Å². The Labute approximate surface area is 169 Å². The number of nitro groups is 1. The second-order valence-corrected chi connectivity index (χ2v) is 7.24. The molecule has 1 fully saturated rings. The molecule has 1 amide bonds. The Morgan fingerprint density at radius 1 is 1.41 bits per heavy atom. The number of alkyl halides is 3. The molecule has 0 bridgehead atoms. The predicted octanol–water partition coefficient (Wildman–Crippen LogP) is 4.47. The van der Waals surface area contributed by atoms with E-state index in [0.29, 0.717) is 12.1 Å². The summed E-state index contributed by atoms with van der Waals surface area (Å²) in [7, 11) is 0. The van der Waals surface area contributed by atoms with E-state index in [-0.39, 0.29) is 40.8 Å². The molecule has 1 aliphatic rings. The topological polar surface area (TPSA) is 90.1 Å². The van der Waals surface area contributed by atoms with E-state index < -0.39 is 22.7 Å². The maximum Gasteiger partial charge on any atom is 0.436 e. The summed E-state index contributed by atoms with van der Waals surface area (Å²) in [4.78, 5) is 22.7. The van der Waals surface area contributed by atoms with E-state index in [1.54, 1.807) is 0 Å². The van der Waals surface area contributed by atoms with Crippen molar-refractivity contribution in [2.24, 2.45) is 0 Å². The van der Waals surface area contributed by atoms with Crippen molar-refractivity contribution in [1.29, 1.82) is 0 Å². The number of aryl methyl sites for hydroxylation is 1. The second-order valence-electron chi connectivity index (χ2n) is 6.86. The van der Waals surface area contributed by atoms with Gasteiger partial charge in [0, 0.05) is 36.2 Å². The fraction of sp³-hybridized carbons (Fsp3) is 0.444. The predicted molar refractivity (Wildman–Crippen MR) is 99.0 cm³/mol. The normalized spacial score (nSPS) is 14.1. The number of nitrogens with one attached hydrogen (secondary N) is 1. The minimum Gasteiger partial charge on any atom is -0.352 e. The minimum atomic E-state index is -4.63. The van der Waals surface area contributed by atoms with Crippen LogP contribution in [0.1, 0.15) is 52.5 Å². The maximum absolute atomic E-state index is 13.1. The number of rotatable bonds is 7. The van der Waals surface area contributed by atoms with Gasteiger partial charge in [-0.2, -0.15) is 18.3 Å². The standard InChI is InChI=1S/C18H18ClF3N4O3/c1-10-12(4-2-5-13(10)26(28)29)17(27)23-8-3-9-25-15(11-6-7-11)14(19)16(24-25)18(20,21)22/h2,4-5,11H,3,6-9H2,1H3,(H,23,27). The molecule has 0 unspecified atom stereocenters. The number of hydrogen-bond donors (Lipinski definition) is 1. The number of carbonyl (C=O) groups is 1. The SMILES string of the molecule is Cc1c(C(=O)NCCCn2nc(C(F)(F)F)c(Cl)c2C2CC2)cccc1[N+](=O)[O-]. The lowest BCUT2D eigenvalue weighted by atomic mass is 10.1. The quantitative estimate of drug-likeness (QED) is 0.398. The smallest absolute Gasteiger partial charge is 0.352 e. The first kappa shape index (κ1) is 21.1. The summed E-state index contributed by atoms with van der Waals surface area (Å²) < 4.78 is 40.5. The first-order chi connectivity index (χ1) is 13.6. The summed E-state index contributed by atoms with van der Waals surface area (Å²) in [5.74, 6) is -0.503. The van der Waals surface area contributed by atoms with Gasteiger partial charge < -0.3 is 5.32 Å². The van der Waals surface area contributed by atoms with Crippen LogP contribution in [0, 0.1) is 17.0 Å².